The van der Waals surface area contributed by atoms with Crippen LogP contribution in [0.4, 0.5) is 5.69 Å². The molecule has 0 N–H and O–H groups in total. The molecule has 1 aromatic heterocycles. The van der Waals surface area contributed by atoms with E-state index in [1.54, 1.807) is 12.1 Å². The zero-order valence-electron chi connectivity index (χ0n) is 13.2. The molecule has 1 fully saturated rings. The van der Waals surface area contributed by atoms with Gasteiger partial charge in [-0.05, 0) is 12.5 Å². The molecule has 2 aromatic carbocycles. The third kappa shape index (κ3) is 2.76. The van der Waals surface area contributed by atoms with E-state index in [2.05, 4.69) is 22.3 Å². The van der Waals surface area contributed by atoms with Gasteiger partial charge in [-0.25, -0.2) is 0 Å². The summed E-state index contributed by atoms with van der Waals surface area (Å²) in [5.74, 6) is 0. The van der Waals surface area contributed by atoms with Crippen LogP contribution in [0.2, 0.25) is 0 Å². The zero-order valence-corrected chi connectivity index (χ0v) is 13.2. The lowest BCUT2D eigenvalue weighted by atomic mass is 10.1. The van der Waals surface area contributed by atoms with Crippen molar-refractivity contribution in [3.63, 3.8) is 0 Å². The van der Waals surface area contributed by atoms with Crippen molar-refractivity contribution in [3.05, 3.63) is 70.4 Å². The van der Waals surface area contributed by atoms with Gasteiger partial charge in [0.05, 0.1) is 16.5 Å². The van der Waals surface area contributed by atoms with Crippen LogP contribution in [0.15, 0.2) is 54.7 Å². The molecule has 1 aliphatic rings. The first-order valence-corrected chi connectivity index (χ1v) is 8.09. The van der Waals surface area contributed by atoms with Crippen molar-refractivity contribution in [2.24, 2.45) is 0 Å². The molecule has 1 saturated heterocycles. The minimum atomic E-state index is -0.302. The first-order valence-electron chi connectivity index (χ1n) is 8.09. The van der Waals surface area contributed by atoms with Crippen molar-refractivity contribution in [3.8, 4) is 0 Å². The summed E-state index contributed by atoms with van der Waals surface area (Å²) < 4.78 is 2.05. The summed E-state index contributed by atoms with van der Waals surface area (Å²) in [6, 6.07) is 15.4. The Hall–Kier alpha value is -2.73. The maximum atomic E-state index is 11.2. The molecule has 0 radical (unpaired) electrons. The molecule has 0 aliphatic carbocycles. The summed E-state index contributed by atoms with van der Waals surface area (Å²) in [6.45, 7) is 2.39. The molecule has 4 rings (SSSR count). The van der Waals surface area contributed by atoms with Crippen molar-refractivity contribution < 1.29 is 4.92 Å². The van der Waals surface area contributed by atoms with Crippen LogP contribution in [0.25, 0.3) is 10.9 Å². The molecule has 2 heterocycles. The molecule has 0 saturated carbocycles. The number of hydrogen-bond donors (Lipinski definition) is 0. The molecule has 1 atom stereocenters. The Kier molecular flexibility index (Phi) is 3.74. The molecular weight excluding hydrogens is 304 g/mol. The number of nitro benzene ring substituents is 1. The Balaban J connectivity index is 1.50. The number of rotatable bonds is 4. The third-order valence-electron chi connectivity index (χ3n) is 4.64. The second-order valence-electron chi connectivity index (χ2n) is 6.23. The van der Waals surface area contributed by atoms with E-state index in [4.69, 9.17) is 0 Å². The van der Waals surface area contributed by atoms with Gasteiger partial charge in [-0.3, -0.25) is 19.7 Å². The molecule has 1 aliphatic heterocycles. The van der Waals surface area contributed by atoms with E-state index in [1.807, 2.05) is 35.0 Å². The van der Waals surface area contributed by atoms with Gasteiger partial charge in [0, 0.05) is 42.8 Å². The van der Waals surface area contributed by atoms with E-state index in [-0.39, 0.29) is 10.6 Å². The van der Waals surface area contributed by atoms with Crippen LogP contribution < -0.4 is 0 Å². The van der Waals surface area contributed by atoms with Crippen LogP contribution in [-0.2, 0) is 6.54 Å². The van der Waals surface area contributed by atoms with Gasteiger partial charge in [0.15, 0.2) is 0 Å². The topological polar surface area (TPSA) is 64.2 Å². The summed E-state index contributed by atoms with van der Waals surface area (Å²) in [5, 5.41) is 17.0. The maximum absolute atomic E-state index is 11.2. The largest absolute Gasteiger partial charge is 0.297 e. The van der Waals surface area contributed by atoms with Crippen LogP contribution in [0.3, 0.4) is 0 Å². The van der Waals surface area contributed by atoms with E-state index < -0.39 is 0 Å². The highest BCUT2D eigenvalue weighted by molar-refractivity contribution is 5.77. The van der Waals surface area contributed by atoms with E-state index in [0.717, 1.165) is 36.0 Å². The molecule has 6 nitrogen and oxygen atoms in total. The number of nitro groups is 1. The van der Waals surface area contributed by atoms with Crippen LogP contribution in [0.1, 0.15) is 18.0 Å². The van der Waals surface area contributed by atoms with Crippen LogP contribution in [0, 0.1) is 10.1 Å². The van der Waals surface area contributed by atoms with Gasteiger partial charge in [0.2, 0.25) is 0 Å². The van der Waals surface area contributed by atoms with Crippen molar-refractivity contribution in [2.45, 2.75) is 19.0 Å². The van der Waals surface area contributed by atoms with Gasteiger partial charge in [-0.1, -0.05) is 36.4 Å². The molecule has 0 amide bonds. The summed E-state index contributed by atoms with van der Waals surface area (Å²) in [5.41, 5.74) is 1.98. The molecule has 1 unspecified atom stereocenters. The number of nitrogens with zero attached hydrogens (tertiary/aromatic N) is 4. The molecule has 3 aromatic rings. The SMILES string of the molecule is O=[N+]([O-])c1ccccc1CN1CCC(n2cc3ccccc3n2)C1. The Morgan fingerprint density at radius 2 is 1.96 bits per heavy atom. The summed E-state index contributed by atoms with van der Waals surface area (Å²) in [4.78, 5) is 13.1. The molecule has 0 bridgehead atoms. The van der Waals surface area contributed by atoms with Crippen molar-refractivity contribution in [1.29, 1.82) is 0 Å². The number of aromatic nitrogens is 2. The zero-order chi connectivity index (χ0) is 16.5. The van der Waals surface area contributed by atoms with Gasteiger partial charge in [-0.15, -0.1) is 0 Å². The fourth-order valence-corrected chi connectivity index (χ4v) is 3.41. The lowest BCUT2D eigenvalue weighted by Gasteiger charge is -2.16. The molecule has 122 valence electrons. The van der Waals surface area contributed by atoms with E-state index >= 15 is 0 Å². The first kappa shape index (κ1) is 14.8. The lowest BCUT2D eigenvalue weighted by molar-refractivity contribution is -0.385. The predicted molar refractivity (Wildman–Crippen MR) is 91.8 cm³/mol. The first-order chi connectivity index (χ1) is 11.7. The number of likely N-dealkylation sites (tertiary alicyclic amines) is 1. The van der Waals surface area contributed by atoms with Crippen LogP contribution in [0.5, 0.6) is 0 Å². The number of hydrogen-bond acceptors (Lipinski definition) is 4. The monoisotopic (exact) mass is 322 g/mol. The van der Waals surface area contributed by atoms with Crippen LogP contribution >= 0.6 is 0 Å². The number of benzene rings is 2. The Morgan fingerprint density at radius 3 is 2.79 bits per heavy atom. The maximum Gasteiger partial charge on any atom is 0.273 e. The molecular formula is C18H18N4O2. The number of para-hydroxylation sites is 1. The quantitative estimate of drug-likeness (QED) is 0.545. The summed E-state index contributed by atoms with van der Waals surface area (Å²) in [7, 11) is 0. The highest BCUT2D eigenvalue weighted by atomic mass is 16.6. The predicted octanol–water partition coefficient (Wildman–Crippen LogP) is 3.39. The van der Waals surface area contributed by atoms with Gasteiger partial charge in [0.1, 0.15) is 0 Å². The van der Waals surface area contributed by atoms with E-state index in [9.17, 15) is 10.1 Å². The summed E-state index contributed by atoms with van der Waals surface area (Å²) >= 11 is 0. The Morgan fingerprint density at radius 1 is 1.17 bits per heavy atom. The lowest BCUT2D eigenvalue weighted by Crippen LogP contribution is -2.21. The van der Waals surface area contributed by atoms with Gasteiger partial charge in [-0.2, -0.15) is 5.10 Å². The highest BCUT2D eigenvalue weighted by Crippen LogP contribution is 2.27. The molecule has 6 heteroatoms. The van der Waals surface area contributed by atoms with E-state index in [1.165, 1.54) is 0 Å². The molecule has 0 spiro atoms. The molecule has 24 heavy (non-hydrogen) atoms. The second-order valence-corrected chi connectivity index (χ2v) is 6.23. The smallest absolute Gasteiger partial charge is 0.273 e. The average molecular weight is 322 g/mol. The van der Waals surface area contributed by atoms with Crippen molar-refractivity contribution in [1.82, 2.24) is 14.7 Å². The van der Waals surface area contributed by atoms with Crippen molar-refractivity contribution >= 4 is 16.6 Å². The third-order valence-corrected chi connectivity index (χ3v) is 4.64. The minimum absolute atomic E-state index is 0.200. The van der Waals surface area contributed by atoms with Crippen molar-refractivity contribution in [2.75, 3.05) is 13.1 Å². The van der Waals surface area contributed by atoms with E-state index in [0.29, 0.717) is 12.6 Å². The number of fused-ring (bicyclic) bond motifs is 1. The summed E-state index contributed by atoms with van der Waals surface area (Å²) in [6.07, 6.45) is 3.10. The average Bonchev–Trinajstić information content (AvgIpc) is 3.21. The highest BCUT2D eigenvalue weighted by Gasteiger charge is 2.26. The van der Waals surface area contributed by atoms with Gasteiger partial charge < -0.3 is 0 Å². The van der Waals surface area contributed by atoms with Crippen LogP contribution in [-0.4, -0.2) is 32.7 Å². The Labute approximate surface area is 139 Å². The normalized spacial score (nSPS) is 18.2. The second kappa shape index (κ2) is 6.05. The fraction of sp³-hybridized carbons (Fsp3) is 0.278. The standard InChI is InChI=1S/C18H18N4O2/c23-22(24)18-8-4-2-6-15(18)11-20-10-9-16(13-20)21-12-14-5-1-3-7-17(14)19-21/h1-8,12,16H,9-11,13H2. The van der Waals surface area contributed by atoms with Gasteiger partial charge in [0.25, 0.3) is 5.69 Å². The van der Waals surface area contributed by atoms with Gasteiger partial charge >= 0.3 is 0 Å². The Bertz CT molecular complexity index is 856. The fourth-order valence-electron chi connectivity index (χ4n) is 3.41. The minimum Gasteiger partial charge on any atom is -0.297 e.